The van der Waals surface area contributed by atoms with Gasteiger partial charge in [0.2, 0.25) is 0 Å². The van der Waals surface area contributed by atoms with Gasteiger partial charge in [0.05, 0.1) is 12.1 Å². The normalized spacial score (nSPS) is 22.0. The molecule has 0 amide bonds. The topological polar surface area (TPSA) is 41.3 Å². The predicted molar refractivity (Wildman–Crippen MR) is 72.3 cm³/mol. The summed E-state index contributed by atoms with van der Waals surface area (Å²) in [5.41, 5.74) is -0.633. The van der Waals surface area contributed by atoms with Gasteiger partial charge in [-0.25, -0.2) is 4.98 Å². The van der Waals surface area contributed by atoms with E-state index in [0.717, 1.165) is 31.8 Å². The second-order valence-electron chi connectivity index (χ2n) is 6.13. The molecule has 1 aromatic heterocycles. The number of imidazole rings is 1. The van der Waals surface area contributed by atoms with Crippen LogP contribution in [-0.2, 0) is 6.54 Å². The molecule has 102 valence electrons. The van der Waals surface area contributed by atoms with Crippen molar-refractivity contribution >= 4 is 0 Å². The Morgan fingerprint density at radius 2 is 2.22 bits per heavy atom. The fourth-order valence-corrected chi connectivity index (χ4v) is 2.93. The fraction of sp³-hybridized carbons (Fsp3) is 0.786. The molecule has 1 aliphatic heterocycles. The van der Waals surface area contributed by atoms with Crippen molar-refractivity contribution in [2.45, 2.75) is 64.8 Å². The summed E-state index contributed by atoms with van der Waals surface area (Å²) >= 11 is 0. The van der Waals surface area contributed by atoms with Gasteiger partial charge >= 0.3 is 0 Å². The predicted octanol–water partition coefficient (Wildman–Crippen LogP) is 2.20. The molecule has 2 rings (SSSR count). The molecule has 0 spiro atoms. The van der Waals surface area contributed by atoms with Crippen molar-refractivity contribution in [3.63, 3.8) is 0 Å². The molecule has 1 fully saturated rings. The van der Waals surface area contributed by atoms with Crippen LogP contribution in [0.4, 0.5) is 0 Å². The molecule has 4 nitrogen and oxygen atoms in total. The number of hydrogen-bond acceptors (Lipinski definition) is 3. The Balaban J connectivity index is 2.11. The highest BCUT2D eigenvalue weighted by atomic mass is 16.3. The quantitative estimate of drug-likeness (QED) is 0.892. The Labute approximate surface area is 110 Å². The zero-order valence-corrected chi connectivity index (χ0v) is 11.9. The van der Waals surface area contributed by atoms with Crippen molar-refractivity contribution in [2.75, 3.05) is 6.54 Å². The van der Waals surface area contributed by atoms with E-state index in [4.69, 9.17) is 0 Å². The lowest BCUT2D eigenvalue weighted by molar-refractivity contribution is -0.00610. The number of rotatable bonds is 4. The largest absolute Gasteiger partial charge is 0.389 e. The first-order valence-electron chi connectivity index (χ1n) is 6.87. The number of aromatic nitrogens is 2. The Morgan fingerprint density at radius 1 is 1.50 bits per heavy atom. The average Bonchev–Trinajstić information content (AvgIpc) is 2.85. The SMILES string of the molecule is CC(C)n1ccnc1CN1CCC[C@@H]1C(C)(C)O. The van der Waals surface area contributed by atoms with Gasteiger partial charge in [-0.1, -0.05) is 0 Å². The van der Waals surface area contributed by atoms with Crippen molar-refractivity contribution in [1.29, 1.82) is 0 Å². The lowest BCUT2D eigenvalue weighted by atomic mass is 9.97. The molecule has 0 aromatic carbocycles. The molecule has 2 heterocycles. The molecule has 0 unspecified atom stereocenters. The van der Waals surface area contributed by atoms with E-state index in [1.165, 1.54) is 0 Å². The first-order chi connectivity index (χ1) is 8.39. The fourth-order valence-electron chi connectivity index (χ4n) is 2.93. The maximum absolute atomic E-state index is 10.2. The summed E-state index contributed by atoms with van der Waals surface area (Å²) in [7, 11) is 0. The van der Waals surface area contributed by atoms with Crippen LogP contribution in [0, 0.1) is 0 Å². The van der Waals surface area contributed by atoms with Crippen LogP contribution in [0.2, 0.25) is 0 Å². The Kier molecular flexibility index (Phi) is 3.78. The van der Waals surface area contributed by atoms with Gasteiger partial charge in [0.15, 0.2) is 0 Å². The Hall–Kier alpha value is -0.870. The highest BCUT2D eigenvalue weighted by Crippen LogP contribution is 2.28. The number of aliphatic hydroxyl groups is 1. The smallest absolute Gasteiger partial charge is 0.123 e. The van der Waals surface area contributed by atoms with E-state index in [2.05, 4.69) is 28.3 Å². The van der Waals surface area contributed by atoms with Crippen LogP contribution in [0.5, 0.6) is 0 Å². The molecule has 1 N–H and O–H groups in total. The lowest BCUT2D eigenvalue weighted by Crippen LogP contribution is -2.45. The van der Waals surface area contributed by atoms with Gasteiger partial charge in [-0.05, 0) is 47.1 Å². The standard InChI is InChI=1S/C14H25N3O/c1-11(2)17-9-7-15-13(17)10-16-8-5-6-12(16)14(3,4)18/h7,9,11-12,18H,5-6,8,10H2,1-4H3/t12-/m1/s1. The van der Waals surface area contributed by atoms with Gasteiger partial charge in [0.1, 0.15) is 5.82 Å². The maximum Gasteiger partial charge on any atom is 0.123 e. The van der Waals surface area contributed by atoms with Crippen LogP contribution < -0.4 is 0 Å². The second-order valence-corrected chi connectivity index (χ2v) is 6.13. The van der Waals surface area contributed by atoms with Crippen molar-refractivity contribution in [2.24, 2.45) is 0 Å². The zero-order chi connectivity index (χ0) is 13.3. The first kappa shape index (κ1) is 13.6. The van der Waals surface area contributed by atoms with Crippen LogP contribution in [0.25, 0.3) is 0 Å². The average molecular weight is 251 g/mol. The summed E-state index contributed by atoms with van der Waals surface area (Å²) in [6, 6.07) is 0.681. The third kappa shape index (κ3) is 2.75. The Morgan fingerprint density at radius 3 is 2.83 bits per heavy atom. The summed E-state index contributed by atoms with van der Waals surface area (Å²) in [4.78, 5) is 6.82. The van der Waals surface area contributed by atoms with Crippen LogP contribution >= 0.6 is 0 Å². The number of likely N-dealkylation sites (tertiary alicyclic amines) is 1. The van der Waals surface area contributed by atoms with E-state index in [1.54, 1.807) is 0 Å². The minimum Gasteiger partial charge on any atom is -0.389 e. The van der Waals surface area contributed by atoms with E-state index in [-0.39, 0.29) is 6.04 Å². The summed E-state index contributed by atoms with van der Waals surface area (Å²) in [6.45, 7) is 10.0. The van der Waals surface area contributed by atoms with Gasteiger partial charge in [-0.3, -0.25) is 4.90 Å². The molecule has 0 aliphatic carbocycles. The molecular weight excluding hydrogens is 226 g/mol. The molecule has 0 saturated carbocycles. The van der Waals surface area contributed by atoms with E-state index >= 15 is 0 Å². The van der Waals surface area contributed by atoms with Gasteiger partial charge in [0.25, 0.3) is 0 Å². The van der Waals surface area contributed by atoms with Crippen molar-refractivity contribution < 1.29 is 5.11 Å². The monoisotopic (exact) mass is 251 g/mol. The maximum atomic E-state index is 10.2. The van der Waals surface area contributed by atoms with E-state index < -0.39 is 5.60 Å². The van der Waals surface area contributed by atoms with Crippen LogP contribution in [0.15, 0.2) is 12.4 Å². The van der Waals surface area contributed by atoms with E-state index in [9.17, 15) is 5.11 Å². The minimum absolute atomic E-state index is 0.245. The molecule has 1 saturated heterocycles. The summed E-state index contributed by atoms with van der Waals surface area (Å²) in [5.74, 6) is 1.10. The summed E-state index contributed by atoms with van der Waals surface area (Å²) < 4.78 is 2.21. The third-order valence-electron chi connectivity index (χ3n) is 3.83. The molecule has 1 aromatic rings. The van der Waals surface area contributed by atoms with E-state index in [1.807, 2.05) is 26.2 Å². The molecule has 1 aliphatic rings. The van der Waals surface area contributed by atoms with E-state index in [0.29, 0.717) is 6.04 Å². The van der Waals surface area contributed by atoms with Crippen LogP contribution in [0.3, 0.4) is 0 Å². The first-order valence-corrected chi connectivity index (χ1v) is 6.87. The van der Waals surface area contributed by atoms with Crippen LogP contribution in [-0.4, -0.2) is 37.7 Å². The van der Waals surface area contributed by atoms with Crippen LogP contribution in [0.1, 0.15) is 52.4 Å². The van der Waals surface area contributed by atoms with Gasteiger partial charge in [-0.2, -0.15) is 0 Å². The molecule has 18 heavy (non-hydrogen) atoms. The Bertz CT molecular complexity index is 392. The molecule has 0 bridgehead atoms. The highest BCUT2D eigenvalue weighted by Gasteiger charge is 2.36. The molecular formula is C14H25N3O. The van der Waals surface area contributed by atoms with Gasteiger partial charge < -0.3 is 9.67 Å². The summed E-state index contributed by atoms with van der Waals surface area (Å²) in [6.07, 6.45) is 6.14. The third-order valence-corrected chi connectivity index (χ3v) is 3.83. The zero-order valence-electron chi connectivity index (χ0n) is 11.9. The molecule has 4 heteroatoms. The molecule has 1 atom stereocenters. The van der Waals surface area contributed by atoms with Crippen molar-refractivity contribution in [1.82, 2.24) is 14.5 Å². The molecule has 0 radical (unpaired) electrons. The number of hydrogen-bond donors (Lipinski definition) is 1. The van der Waals surface area contributed by atoms with Gasteiger partial charge in [-0.15, -0.1) is 0 Å². The van der Waals surface area contributed by atoms with Crippen molar-refractivity contribution in [3.8, 4) is 0 Å². The second kappa shape index (κ2) is 5.02. The summed E-state index contributed by atoms with van der Waals surface area (Å²) in [5, 5.41) is 10.2. The lowest BCUT2D eigenvalue weighted by Gasteiger charge is -2.33. The van der Waals surface area contributed by atoms with Gasteiger partial charge in [0, 0.05) is 24.5 Å². The minimum atomic E-state index is -0.633. The van der Waals surface area contributed by atoms with Crippen molar-refractivity contribution in [3.05, 3.63) is 18.2 Å². The number of nitrogens with zero attached hydrogens (tertiary/aromatic N) is 3. The highest BCUT2D eigenvalue weighted by molar-refractivity contribution is 4.98.